The van der Waals surface area contributed by atoms with E-state index in [0.717, 1.165) is 0 Å². The van der Waals surface area contributed by atoms with E-state index in [1.165, 1.54) is 11.7 Å². The fourth-order valence-corrected chi connectivity index (χ4v) is 3.47. The van der Waals surface area contributed by atoms with Crippen LogP contribution in [0, 0.1) is 5.82 Å². The number of methoxy groups -OCH3 is 1. The van der Waals surface area contributed by atoms with Crippen LogP contribution in [0.4, 0.5) is 4.39 Å². The zero-order chi connectivity index (χ0) is 21.0. The summed E-state index contributed by atoms with van der Waals surface area (Å²) in [5, 5.41) is 0.350. The van der Waals surface area contributed by atoms with Crippen LogP contribution in [0.2, 0.25) is 0 Å². The van der Waals surface area contributed by atoms with Gasteiger partial charge in [-0.05, 0) is 39.8 Å². The molecule has 29 heavy (non-hydrogen) atoms. The average molecular weight is 395 g/mol. The molecule has 1 aromatic heterocycles. The number of nitrogens with zero attached hydrogens (tertiary/aromatic N) is 1. The van der Waals surface area contributed by atoms with Crippen molar-refractivity contribution in [2.24, 2.45) is 0 Å². The van der Waals surface area contributed by atoms with Crippen LogP contribution in [0.1, 0.15) is 27.7 Å². The molecule has 1 aliphatic heterocycles. The van der Waals surface area contributed by atoms with E-state index in [4.69, 9.17) is 14.0 Å². The summed E-state index contributed by atoms with van der Waals surface area (Å²) in [5.74, 6) is -0.252. The Labute approximate surface area is 169 Å². The molecule has 1 saturated heterocycles. The molecule has 7 heteroatoms. The van der Waals surface area contributed by atoms with Gasteiger partial charge in [0.1, 0.15) is 11.6 Å². The molecule has 0 unspecified atom stereocenters. The van der Waals surface area contributed by atoms with Crippen molar-refractivity contribution in [3.05, 3.63) is 64.8 Å². The van der Waals surface area contributed by atoms with Crippen molar-refractivity contribution in [1.29, 1.82) is 0 Å². The van der Waals surface area contributed by atoms with Crippen LogP contribution in [0.3, 0.4) is 0 Å². The van der Waals surface area contributed by atoms with Crippen LogP contribution in [0.15, 0.2) is 53.5 Å². The first-order chi connectivity index (χ1) is 13.7. The van der Waals surface area contributed by atoms with E-state index in [1.807, 2.05) is 45.9 Å². The molecule has 2 aromatic carbocycles. The number of fused-ring (bicyclic) bond motifs is 1. The second kappa shape index (κ2) is 6.71. The molecule has 1 fully saturated rings. The minimum Gasteiger partial charge on any atom is -0.495 e. The molecule has 0 saturated carbocycles. The number of hydrogen-bond donors (Lipinski definition) is 0. The molecule has 3 aromatic rings. The van der Waals surface area contributed by atoms with E-state index in [-0.39, 0.29) is 10.8 Å². The number of rotatable bonds is 3. The number of halogens is 1. The molecule has 0 N–H and O–H groups in total. The molecule has 0 radical (unpaired) electrons. The molecule has 4 rings (SSSR count). The Hall–Kier alpha value is -2.64. The topological polar surface area (TPSA) is 49.7 Å². The lowest BCUT2D eigenvalue weighted by Crippen LogP contribution is -2.41. The van der Waals surface area contributed by atoms with Gasteiger partial charge in [-0.2, -0.15) is 0 Å². The molecular formula is C22H23BFNO4. The molecule has 0 aliphatic carbocycles. The van der Waals surface area contributed by atoms with Gasteiger partial charge < -0.3 is 14.0 Å². The van der Waals surface area contributed by atoms with Gasteiger partial charge in [-0.15, -0.1) is 0 Å². The van der Waals surface area contributed by atoms with Gasteiger partial charge in [0, 0.05) is 16.5 Å². The number of para-hydroxylation sites is 1. The first kappa shape index (κ1) is 19.7. The van der Waals surface area contributed by atoms with Crippen LogP contribution in [0.5, 0.6) is 5.75 Å². The summed E-state index contributed by atoms with van der Waals surface area (Å²) >= 11 is 0. The van der Waals surface area contributed by atoms with Crippen molar-refractivity contribution in [2.45, 2.75) is 38.9 Å². The highest BCUT2D eigenvalue weighted by atomic mass is 19.1. The predicted molar refractivity (Wildman–Crippen MR) is 112 cm³/mol. The molecule has 150 valence electrons. The lowest BCUT2D eigenvalue weighted by Gasteiger charge is -2.32. The molecule has 2 heterocycles. The van der Waals surface area contributed by atoms with Gasteiger partial charge in [-0.25, -0.2) is 4.39 Å². The van der Waals surface area contributed by atoms with Gasteiger partial charge in [0.2, 0.25) is 0 Å². The summed E-state index contributed by atoms with van der Waals surface area (Å²) in [7, 11) is 0.592. The SMILES string of the molecule is COc1cn(-c2ccccc2)c(=O)c2c(F)c(B3OC(C)(C)C(C)(C)O3)ccc12. The van der Waals surface area contributed by atoms with Crippen molar-refractivity contribution in [3.63, 3.8) is 0 Å². The maximum absolute atomic E-state index is 15.7. The Morgan fingerprint density at radius 1 is 1.00 bits per heavy atom. The maximum Gasteiger partial charge on any atom is 0.497 e. The van der Waals surface area contributed by atoms with Gasteiger partial charge in [0.15, 0.2) is 0 Å². The third kappa shape index (κ3) is 3.05. The summed E-state index contributed by atoms with van der Waals surface area (Å²) in [6.45, 7) is 7.60. The molecule has 0 amide bonds. The van der Waals surface area contributed by atoms with Gasteiger partial charge in [-0.1, -0.05) is 30.3 Å². The Morgan fingerprint density at radius 2 is 1.62 bits per heavy atom. The lowest BCUT2D eigenvalue weighted by molar-refractivity contribution is 0.00578. The minimum absolute atomic E-state index is 0.0552. The zero-order valence-electron chi connectivity index (χ0n) is 17.2. The fourth-order valence-electron chi connectivity index (χ4n) is 3.47. The standard InChI is InChI=1S/C22H23BFNO4/c1-21(2)22(3,4)29-23(28-21)16-12-11-15-17(27-5)13-25(14-9-7-6-8-10-14)20(26)18(15)19(16)24/h6-13H,1-5H3. The number of aromatic nitrogens is 1. The first-order valence-corrected chi connectivity index (χ1v) is 9.49. The summed E-state index contributed by atoms with van der Waals surface area (Å²) in [4.78, 5) is 13.2. The Bertz CT molecular complexity index is 1120. The van der Waals surface area contributed by atoms with E-state index in [1.54, 1.807) is 30.5 Å². The van der Waals surface area contributed by atoms with Gasteiger partial charge in [-0.3, -0.25) is 9.36 Å². The first-order valence-electron chi connectivity index (χ1n) is 9.49. The smallest absolute Gasteiger partial charge is 0.495 e. The van der Waals surface area contributed by atoms with Crippen molar-refractivity contribution >= 4 is 23.4 Å². The van der Waals surface area contributed by atoms with E-state index in [2.05, 4.69) is 0 Å². The highest BCUT2D eigenvalue weighted by molar-refractivity contribution is 6.62. The highest BCUT2D eigenvalue weighted by Crippen LogP contribution is 2.37. The third-order valence-corrected chi connectivity index (χ3v) is 5.88. The van der Waals surface area contributed by atoms with Crippen molar-refractivity contribution in [1.82, 2.24) is 4.57 Å². The van der Waals surface area contributed by atoms with Crippen LogP contribution in [-0.2, 0) is 9.31 Å². The maximum atomic E-state index is 15.7. The molecule has 1 aliphatic rings. The summed E-state index contributed by atoms with van der Waals surface area (Å²) in [6.07, 6.45) is 1.58. The second-order valence-corrected chi connectivity index (χ2v) is 8.19. The molecule has 5 nitrogen and oxygen atoms in total. The minimum atomic E-state index is -0.903. The molecule has 0 bridgehead atoms. The van der Waals surface area contributed by atoms with E-state index >= 15 is 4.39 Å². The summed E-state index contributed by atoms with van der Waals surface area (Å²) in [5.41, 5.74) is -0.878. The monoisotopic (exact) mass is 395 g/mol. The molecule has 0 spiro atoms. The van der Waals surface area contributed by atoms with E-state index in [9.17, 15) is 4.79 Å². The third-order valence-electron chi connectivity index (χ3n) is 5.88. The van der Waals surface area contributed by atoms with Crippen LogP contribution < -0.4 is 15.8 Å². The lowest BCUT2D eigenvalue weighted by atomic mass is 9.77. The van der Waals surface area contributed by atoms with Crippen molar-refractivity contribution in [3.8, 4) is 11.4 Å². The Kier molecular flexibility index (Phi) is 4.55. The normalized spacial score (nSPS) is 17.7. The Balaban J connectivity index is 1.95. The van der Waals surface area contributed by atoms with Crippen LogP contribution in [0.25, 0.3) is 16.5 Å². The Morgan fingerprint density at radius 3 is 2.21 bits per heavy atom. The van der Waals surface area contributed by atoms with Gasteiger partial charge in [0.05, 0.1) is 29.9 Å². The zero-order valence-corrected chi connectivity index (χ0v) is 17.2. The quantitative estimate of drug-likeness (QED) is 0.638. The predicted octanol–water partition coefficient (Wildman–Crippen LogP) is 3.44. The van der Waals surface area contributed by atoms with E-state index in [0.29, 0.717) is 16.8 Å². The summed E-state index contributed by atoms with van der Waals surface area (Å²) in [6, 6.07) is 12.3. The number of hydrogen-bond acceptors (Lipinski definition) is 4. The van der Waals surface area contributed by atoms with Crippen LogP contribution >= 0.6 is 0 Å². The van der Waals surface area contributed by atoms with Gasteiger partial charge in [0.25, 0.3) is 5.56 Å². The number of ether oxygens (including phenoxy) is 1. The molecular weight excluding hydrogens is 372 g/mol. The average Bonchev–Trinajstić information content (AvgIpc) is 2.90. The second-order valence-electron chi connectivity index (χ2n) is 8.19. The summed E-state index contributed by atoms with van der Waals surface area (Å²) < 4.78 is 34.5. The van der Waals surface area contributed by atoms with Gasteiger partial charge >= 0.3 is 7.12 Å². The largest absolute Gasteiger partial charge is 0.497 e. The van der Waals surface area contributed by atoms with Crippen LogP contribution in [-0.4, -0.2) is 30.0 Å². The van der Waals surface area contributed by atoms with Crippen molar-refractivity contribution in [2.75, 3.05) is 7.11 Å². The fraction of sp³-hybridized carbons (Fsp3) is 0.318. The molecule has 0 atom stereocenters. The highest BCUT2D eigenvalue weighted by Gasteiger charge is 2.52. The number of pyridine rings is 1. The number of benzene rings is 2. The van der Waals surface area contributed by atoms with E-state index < -0.39 is 29.7 Å². The van der Waals surface area contributed by atoms with Crippen molar-refractivity contribution < 1.29 is 18.4 Å².